The van der Waals surface area contributed by atoms with Crippen LogP contribution in [0.2, 0.25) is 0 Å². The predicted molar refractivity (Wildman–Crippen MR) is 58.5 cm³/mol. The molecule has 4 nitrogen and oxygen atoms in total. The molecule has 0 aromatic heterocycles. The van der Waals surface area contributed by atoms with Gasteiger partial charge in [0.1, 0.15) is 6.04 Å². The summed E-state index contributed by atoms with van der Waals surface area (Å²) < 4.78 is 0. The van der Waals surface area contributed by atoms with Gasteiger partial charge in [0.15, 0.2) is 0 Å². The maximum atomic E-state index is 11.4. The molecule has 0 saturated carbocycles. The zero-order valence-corrected chi connectivity index (χ0v) is 9.75. The van der Waals surface area contributed by atoms with Gasteiger partial charge in [-0.15, -0.1) is 0 Å². The van der Waals surface area contributed by atoms with E-state index in [2.05, 4.69) is 12.2 Å². The summed E-state index contributed by atoms with van der Waals surface area (Å²) in [5, 5.41) is 11.1. The zero-order chi connectivity index (χ0) is 11.8. The molecule has 15 heavy (non-hydrogen) atoms. The van der Waals surface area contributed by atoms with Crippen molar-refractivity contribution in [3.05, 3.63) is 0 Å². The van der Waals surface area contributed by atoms with Gasteiger partial charge in [-0.05, 0) is 12.8 Å². The molecule has 0 aromatic rings. The van der Waals surface area contributed by atoms with E-state index in [-0.39, 0.29) is 5.91 Å². The minimum Gasteiger partial charge on any atom is -0.480 e. The smallest absolute Gasteiger partial charge is 0.325 e. The Hall–Kier alpha value is -1.06. The molecule has 0 aromatic carbocycles. The summed E-state index contributed by atoms with van der Waals surface area (Å²) in [6, 6.07) is -0.795. The molecule has 0 aliphatic rings. The van der Waals surface area contributed by atoms with Crippen molar-refractivity contribution in [2.24, 2.45) is 5.92 Å². The largest absolute Gasteiger partial charge is 0.480 e. The number of hydrogen-bond donors (Lipinski definition) is 2. The van der Waals surface area contributed by atoms with E-state index in [0.29, 0.717) is 12.3 Å². The SMILES string of the molecule is CCCC(CC)CC(=O)NC(C)C(=O)O. The molecule has 2 N–H and O–H groups in total. The summed E-state index contributed by atoms with van der Waals surface area (Å²) in [5.41, 5.74) is 0. The number of aliphatic carboxylic acids is 1. The molecule has 0 spiro atoms. The van der Waals surface area contributed by atoms with Crippen molar-refractivity contribution in [1.82, 2.24) is 5.32 Å². The second-order valence-electron chi connectivity index (χ2n) is 3.89. The Bertz CT molecular complexity index is 216. The monoisotopic (exact) mass is 215 g/mol. The Labute approximate surface area is 91.1 Å². The Kier molecular flexibility index (Phi) is 6.75. The van der Waals surface area contributed by atoms with Crippen molar-refractivity contribution >= 4 is 11.9 Å². The third kappa shape index (κ3) is 6.10. The molecule has 1 amide bonds. The zero-order valence-electron chi connectivity index (χ0n) is 9.75. The second-order valence-corrected chi connectivity index (χ2v) is 3.89. The molecule has 0 heterocycles. The molecule has 0 radical (unpaired) electrons. The van der Waals surface area contributed by atoms with Crippen molar-refractivity contribution in [3.63, 3.8) is 0 Å². The summed E-state index contributed by atoms with van der Waals surface area (Å²) in [7, 11) is 0. The average molecular weight is 215 g/mol. The normalized spacial score (nSPS) is 14.3. The van der Waals surface area contributed by atoms with Gasteiger partial charge in [-0.3, -0.25) is 9.59 Å². The summed E-state index contributed by atoms with van der Waals surface area (Å²) in [6.07, 6.45) is 3.47. The number of carbonyl (C=O) groups excluding carboxylic acids is 1. The highest BCUT2D eigenvalue weighted by Gasteiger charge is 2.16. The summed E-state index contributed by atoms with van der Waals surface area (Å²) in [6.45, 7) is 5.61. The van der Waals surface area contributed by atoms with E-state index in [1.54, 1.807) is 0 Å². The number of carboxylic acids is 1. The fourth-order valence-electron chi connectivity index (χ4n) is 1.48. The lowest BCUT2D eigenvalue weighted by Gasteiger charge is -2.15. The van der Waals surface area contributed by atoms with Gasteiger partial charge in [0, 0.05) is 6.42 Å². The standard InChI is InChI=1S/C11H21NO3/c1-4-6-9(5-2)7-10(13)12-8(3)11(14)15/h8-9H,4-7H2,1-3H3,(H,12,13)(H,14,15). The third-order valence-corrected chi connectivity index (χ3v) is 2.50. The number of carbonyl (C=O) groups is 2. The minimum absolute atomic E-state index is 0.162. The molecule has 0 fully saturated rings. The number of amides is 1. The van der Waals surface area contributed by atoms with Crippen molar-refractivity contribution in [3.8, 4) is 0 Å². The molecule has 0 rings (SSSR count). The van der Waals surface area contributed by atoms with E-state index in [1.807, 2.05) is 6.92 Å². The van der Waals surface area contributed by atoms with Gasteiger partial charge in [-0.2, -0.15) is 0 Å². The lowest BCUT2D eigenvalue weighted by Crippen LogP contribution is -2.39. The van der Waals surface area contributed by atoms with Crippen LogP contribution in [0.1, 0.15) is 46.5 Å². The van der Waals surface area contributed by atoms with Crippen molar-refractivity contribution in [2.75, 3.05) is 0 Å². The second kappa shape index (κ2) is 7.26. The van der Waals surface area contributed by atoms with Crippen LogP contribution in [0.3, 0.4) is 0 Å². The van der Waals surface area contributed by atoms with Gasteiger partial charge in [0.05, 0.1) is 0 Å². The molecule has 0 bridgehead atoms. The van der Waals surface area contributed by atoms with Crippen LogP contribution in [0, 0.1) is 5.92 Å². The van der Waals surface area contributed by atoms with Gasteiger partial charge < -0.3 is 10.4 Å². The molecule has 2 atom stereocenters. The van der Waals surface area contributed by atoms with Gasteiger partial charge in [0.2, 0.25) is 5.91 Å². The Morgan fingerprint density at radius 1 is 1.33 bits per heavy atom. The molecule has 2 unspecified atom stereocenters. The number of hydrogen-bond acceptors (Lipinski definition) is 2. The molecular weight excluding hydrogens is 194 g/mol. The average Bonchev–Trinajstić information content (AvgIpc) is 2.16. The van der Waals surface area contributed by atoms with Crippen LogP contribution in [-0.4, -0.2) is 23.0 Å². The van der Waals surface area contributed by atoms with Crippen molar-refractivity contribution < 1.29 is 14.7 Å². The topological polar surface area (TPSA) is 66.4 Å². The maximum absolute atomic E-state index is 11.4. The van der Waals surface area contributed by atoms with Crippen LogP contribution < -0.4 is 5.32 Å². The highest BCUT2D eigenvalue weighted by molar-refractivity contribution is 5.83. The molecule has 0 aliphatic heterocycles. The lowest BCUT2D eigenvalue weighted by molar-refractivity contribution is -0.141. The fourth-order valence-corrected chi connectivity index (χ4v) is 1.48. The van der Waals surface area contributed by atoms with Crippen LogP contribution in [0.15, 0.2) is 0 Å². The minimum atomic E-state index is -0.994. The molecular formula is C11H21NO3. The quantitative estimate of drug-likeness (QED) is 0.680. The Morgan fingerprint density at radius 2 is 1.93 bits per heavy atom. The Morgan fingerprint density at radius 3 is 2.33 bits per heavy atom. The van der Waals surface area contributed by atoms with E-state index >= 15 is 0 Å². The molecule has 0 saturated heterocycles. The summed E-state index contributed by atoms with van der Waals surface area (Å²) in [4.78, 5) is 21.9. The van der Waals surface area contributed by atoms with E-state index in [0.717, 1.165) is 19.3 Å². The van der Waals surface area contributed by atoms with Gasteiger partial charge >= 0.3 is 5.97 Å². The first-order valence-electron chi connectivity index (χ1n) is 5.53. The van der Waals surface area contributed by atoms with Gasteiger partial charge in [-0.1, -0.05) is 33.1 Å². The lowest BCUT2D eigenvalue weighted by atomic mass is 9.96. The fraction of sp³-hybridized carbons (Fsp3) is 0.818. The van der Waals surface area contributed by atoms with Crippen molar-refractivity contribution in [1.29, 1.82) is 0 Å². The van der Waals surface area contributed by atoms with E-state index in [4.69, 9.17) is 5.11 Å². The van der Waals surface area contributed by atoms with Crippen LogP contribution >= 0.6 is 0 Å². The van der Waals surface area contributed by atoms with Crippen LogP contribution in [0.5, 0.6) is 0 Å². The van der Waals surface area contributed by atoms with Crippen LogP contribution in [0.25, 0.3) is 0 Å². The van der Waals surface area contributed by atoms with E-state index in [1.165, 1.54) is 6.92 Å². The highest BCUT2D eigenvalue weighted by Crippen LogP contribution is 2.14. The third-order valence-electron chi connectivity index (χ3n) is 2.50. The first-order valence-corrected chi connectivity index (χ1v) is 5.53. The predicted octanol–water partition coefficient (Wildman–Crippen LogP) is 1.79. The maximum Gasteiger partial charge on any atom is 0.325 e. The first-order chi connectivity index (χ1) is 7.01. The summed E-state index contributed by atoms with van der Waals surface area (Å²) in [5.74, 6) is -0.784. The van der Waals surface area contributed by atoms with Crippen molar-refractivity contribution in [2.45, 2.75) is 52.5 Å². The molecule has 88 valence electrons. The number of nitrogens with one attached hydrogen (secondary N) is 1. The first kappa shape index (κ1) is 13.9. The number of carboxylic acid groups (broad SMARTS) is 1. The highest BCUT2D eigenvalue weighted by atomic mass is 16.4. The molecule has 0 aliphatic carbocycles. The van der Waals surface area contributed by atoms with Crippen LogP contribution in [-0.2, 0) is 9.59 Å². The number of rotatable bonds is 7. The van der Waals surface area contributed by atoms with Crippen LogP contribution in [0.4, 0.5) is 0 Å². The van der Waals surface area contributed by atoms with E-state index < -0.39 is 12.0 Å². The van der Waals surface area contributed by atoms with Gasteiger partial charge in [0.25, 0.3) is 0 Å². The summed E-state index contributed by atoms with van der Waals surface area (Å²) >= 11 is 0. The molecule has 4 heteroatoms. The van der Waals surface area contributed by atoms with Gasteiger partial charge in [-0.25, -0.2) is 0 Å². The Balaban J connectivity index is 3.95. The van der Waals surface area contributed by atoms with E-state index in [9.17, 15) is 9.59 Å².